The number of piperazine rings is 1. The van der Waals surface area contributed by atoms with Gasteiger partial charge < -0.3 is 19.7 Å². The summed E-state index contributed by atoms with van der Waals surface area (Å²) in [5.74, 6) is 0.167. The fraction of sp³-hybridized carbons (Fsp3) is 0.389. The molecule has 8 heteroatoms. The third kappa shape index (κ3) is 3.95. The van der Waals surface area contributed by atoms with E-state index in [-0.39, 0.29) is 0 Å². The van der Waals surface area contributed by atoms with Crippen LogP contribution in [0.4, 0.5) is 5.69 Å². The van der Waals surface area contributed by atoms with Gasteiger partial charge in [0.15, 0.2) is 5.75 Å². The lowest BCUT2D eigenvalue weighted by Gasteiger charge is -2.30. The predicted molar refractivity (Wildman–Crippen MR) is 99.1 cm³/mol. The SMILES string of the molecule is CCOC(=O)c1sc(Oc2cc(C#N)ccc2N2CCNCC2)nc1C. The Balaban J connectivity index is 1.90. The normalized spacial score (nSPS) is 14.0. The van der Waals surface area contributed by atoms with Crippen molar-refractivity contribution < 1.29 is 14.3 Å². The summed E-state index contributed by atoms with van der Waals surface area (Å²) in [5.41, 5.74) is 2.00. The molecule has 26 heavy (non-hydrogen) atoms. The minimum absolute atomic E-state index is 0.309. The summed E-state index contributed by atoms with van der Waals surface area (Å²) in [7, 11) is 0. The van der Waals surface area contributed by atoms with Gasteiger partial charge in [-0.1, -0.05) is 11.3 Å². The van der Waals surface area contributed by atoms with Crippen molar-refractivity contribution in [3.05, 3.63) is 34.3 Å². The Morgan fingerprint density at radius 2 is 2.19 bits per heavy atom. The molecular formula is C18H20N4O3S. The highest BCUT2D eigenvalue weighted by Gasteiger charge is 2.20. The van der Waals surface area contributed by atoms with Crippen molar-refractivity contribution in [2.75, 3.05) is 37.7 Å². The smallest absolute Gasteiger partial charge is 0.350 e. The second kappa shape index (κ2) is 8.17. The lowest BCUT2D eigenvalue weighted by molar-refractivity contribution is 0.0531. The zero-order valence-corrected chi connectivity index (χ0v) is 15.6. The van der Waals surface area contributed by atoms with Gasteiger partial charge in [0.05, 0.1) is 29.6 Å². The Kier molecular flexibility index (Phi) is 5.71. The molecule has 1 fully saturated rings. The van der Waals surface area contributed by atoms with E-state index < -0.39 is 5.97 Å². The van der Waals surface area contributed by atoms with E-state index in [0.29, 0.717) is 33.7 Å². The first-order chi connectivity index (χ1) is 12.6. The molecular weight excluding hydrogens is 352 g/mol. The summed E-state index contributed by atoms with van der Waals surface area (Å²) in [4.78, 5) is 19.0. The number of esters is 1. The molecule has 3 rings (SSSR count). The van der Waals surface area contributed by atoms with Crippen molar-refractivity contribution in [1.82, 2.24) is 10.3 Å². The third-order valence-electron chi connectivity index (χ3n) is 3.98. The number of carbonyl (C=O) groups is 1. The quantitative estimate of drug-likeness (QED) is 0.807. The number of nitriles is 1. The van der Waals surface area contributed by atoms with E-state index in [1.54, 1.807) is 26.0 Å². The van der Waals surface area contributed by atoms with Crippen molar-refractivity contribution >= 4 is 23.0 Å². The van der Waals surface area contributed by atoms with Gasteiger partial charge >= 0.3 is 5.97 Å². The van der Waals surface area contributed by atoms with E-state index >= 15 is 0 Å². The number of carbonyl (C=O) groups excluding carboxylic acids is 1. The van der Waals surface area contributed by atoms with Gasteiger partial charge in [-0.3, -0.25) is 0 Å². The summed E-state index contributed by atoms with van der Waals surface area (Å²) in [6.45, 7) is 7.31. The molecule has 0 aliphatic carbocycles. The van der Waals surface area contributed by atoms with Gasteiger partial charge in [-0.15, -0.1) is 0 Å². The molecule has 1 aliphatic heterocycles. The van der Waals surface area contributed by atoms with Gasteiger partial charge in [0.25, 0.3) is 5.19 Å². The molecule has 136 valence electrons. The van der Waals surface area contributed by atoms with Gasteiger partial charge in [-0.25, -0.2) is 9.78 Å². The maximum Gasteiger partial charge on any atom is 0.350 e. The van der Waals surface area contributed by atoms with Gasteiger partial charge in [0.1, 0.15) is 4.88 Å². The highest BCUT2D eigenvalue weighted by atomic mass is 32.1. The van der Waals surface area contributed by atoms with Crippen LogP contribution in [0.5, 0.6) is 10.9 Å². The van der Waals surface area contributed by atoms with Crippen molar-refractivity contribution in [3.8, 4) is 17.0 Å². The summed E-state index contributed by atoms with van der Waals surface area (Å²) in [6.07, 6.45) is 0. The molecule has 7 nitrogen and oxygen atoms in total. The maximum atomic E-state index is 12.0. The monoisotopic (exact) mass is 372 g/mol. The molecule has 1 N–H and O–H groups in total. The number of nitrogens with one attached hydrogen (secondary N) is 1. The van der Waals surface area contributed by atoms with Crippen LogP contribution in [0.15, 0.2) is 18.2 Å². The maximum absolute atomic E-state index is 12.0. The molecule has 1 aliphatic rings. The number of rotatable bonds is 5. The van der Waals surface area contributed by atoms with Crippen LogP contribution >= 0.6 is 11.3 Å². The first kappa shape index (κ1) is 18.2. The van der Waals surface area contributed by atoms with Gasteiger partial charge in [-0.2, -0.15) is 5.26 Å². The third-order valence-corrected chi connectivity index (χ3v) is 5.00. The molecule has 0 saturated carbocycles. The number of ether oxygens (including phenoxy) is 2. The van der Waals surface area contributed by atoms with Crippen LogP contribution in [0.2, 0.25) is 0 Å². The second-order valence-electron chi connectivity index (χ2n) is 5.75. The molecule has 1 aromatic carbocycles. The topological polar surface area (TPSA) is 87.5 Å². The van der Waals surface area contributed by atoms with Crippen LogP contribution in [0.1, 0.15) is 27.9 Å². The van der Waals surface area contributed by atoms with E-state index in [1.807, 2.05) is 6.07 Å². The molecule has 0 unspecified atom stereocenters. The molecule has 0 bridgehead atoms. The average molecular weight is 372 g/mol. The van der Waals surface area contributed by atoms with Gasteiger partial charge in [0, 0.05) is 32.2 Å². The average Bonchev–Trinajstić information content (AvgIpc) is 3.03. The molecule has 0 spiro atoms. The van der Waals surface area contributed by atoms with E-state index in [9.17, 15) is 10.1 Å². The zero-order chi connectivity index (χ0) is 18.5. The lowest BCUT2D eigenvalue weighted by atomic mass is 10.1. The highest BCUT2D eigenvalue weighted by Crippen LogP contribution is 2.36. The van der Waals surface area contributed by atoms with E-state index in [4.69, 9.17) is 9.47 Å². The van der Waals surface area contributed by atoms with Crippen molar-refractivity contribution in [2.24, 2.45) is 0 Å². The molecule has 0 atom stereocenters. The summed E-state index contributed by atoms with van der Waals surface area (Å²) < 4.78 is 11.0. The molecule has 0 radical (unpaired) electrons. The molecule has 2 aromatic rings. The number of hydrogen-bond acceptors (Lipinski definition) is 8. The molecule has 2 heterocycles. The largest absolute Gasteiger partial charge is 0.462 e. The summed E-state index contributed by atoms with van der Waals surface area (Å²) in [5, 5.41) is 12.9. The van der Waals surface area contributed by atoms with Crippen LogP contribution in [-0.2, 0) is 4.74 Å². The number of aromatic nitrogens is 1. The van der Waals surface area contributed by atoms with Crippen molar-refractivity contribution in [2.45, 2.75) is 13.8 Å². The number of hydrogen-bond donors (Lipinski definition) is 1. The number of anilines is 1. The van der Waals surface area contributed by atoms with Crippen LogP contribution in [-0.4, -0.2) is 43.7 Å². The van der Waals surface area contributed by atoms with Crippen LogP contribution in [0.25, 0.3) is 0 Å². The molecule has 1 aromatic heterocycles. The van der Waals surface area contributed by atoms with E-state index in [1.165, 1.54) is 0 Å². The zero-order valence-electron chi connectivity index (χ0n) is 14.7. The fourth-order valence-electron chi connectivity index (χ4n) is 2.73. The number of aryl methyl sites for hydroxylation is 1. The Morgan fingerprint density at radius 1 is 1.42 bits per heavy atom. The van der Waals surface area contributed by atoms with Crippen LogP contribution < -0.4 is 15.0 Å². The van der Waals surface area contributed by atoms with Crippen molar-refractivity contribution in [1.29, 1.82) is 5.26 Å². The first-order valence-electron chi connectivity index (χ1n) is 8.44. The Bertz CT molecular complexity index is 837. The highest BCUT2D eigenvalue weighted by molar-refractivity contribution is 7.15. The second-order valence-corrected chi connectivity index (χ2v) is 6.71. The first-order valence-corrected chi connectivity index (χ1v) is 9.26. The number of nitrogens with zero attached hydrogens (tertiary/aromatic N) is 3. The Hall–Kier alpha value is -2.63. The number of benzene rings is 1. The minimum atomic E-state index is -0.398. The van der Waals surface area contributed by atoms with E-state index in [2.05, 4.69) is 21.3 Å². The van der Waals surface area contributed by atoms with E-state index in [0.717, 1.165) is 43.2 Å². The van der Waals surface area contributed by atoms with Crippen molar-refractivity contribution in [3.63, 3.8) is 0 Å². The molecule has 0 amide bonds. The van der Waals surface area contributed by atoms with Gasteiger partial charge in [0.2, 0.25) is 0 Å². The van der Waals surface area contributed by atoms with Crippen LogP contribution in [0.3, 0.4) is 0 Å². The summed E-state index contributed by atoms with van der Waals surface area (Å²) >= 11 is 1.15. The lowest BCUT2D eigenvalue weighted by Crippen LogP contribution is -2.43. The number of thiazole rings is 1. The fourth-order valence-corrected chi connectivity index (χ4v) is 3.55. The predicted octanol–water partition coefficient (Wildman–Crippen LogP) is 2.70. The minimum Gasteiger partial charge on any atom is -0.462 e. The Labute approximate surface area is 156 Å². The summed E-state index contributed by atoms with van der Waals surface area (Å²) in [6, 6.07) is 7.51. The van der Waals surface area contributed by atoms with Gasteiger partial charge in [-0.05, 0) is 26.0 Å². The van der Waals surface area contributed by atoms with Crippen LogP contribution in [0, 0.1) is 18.3 Å². The molecule has 1 saturated heterocycles. The standard InChI is InChI=1S/C18H20N4O3S/c1-3-24-17(23)16-12(2)21-18(26-16)25-15-10-13(11-19)4-5-14(15)22-8-6-20-7-9-22/h4-5,10,20H,3,6-9H2,1-2H3. The Morgan fingerprint density at radius 3 is 2.88 bits per heavy atom.